The molecule has 3 heterocycles. The second-order valence-corrected chi connectivity index (χ2v) is 8.68. The van der Waals surface area contributed by atoms with Gasteiger partial charge in [0.15, 0.2) is 5.13 Å². The van der Waals surface area contributed by atoms with Crippen LogP contribution in [0.3, 0.4) is 0 Å². The summed E-state index contributed by atoms with van der Waals surface area (Å²) in [6.07, 6.45) is -3.60. The number of carbonyl (C=O) groups excluding carboxylic acids is 1. The number of nitrogens with one attached hydrogen (secondary N) is 1. The summed E-state index contributed by atoms with van der Waals surface area (Å²) in [4.78, 5) is 22.7. The Morgan fingerprint density at radius 3 is 2.79 bits per heavy atom. The van der Waals surface area contributed by atoms with Crippen LogP contribution in [0.4, 0.5) is 23.1 Å². The molecule has 1 fully saturated rings. The molecule has 1 aromatic carbocycles. The van der Waals surface area contributed by atoms with E-state index in [1.165, 1.54) is 0 Å². The quantitative estimate of drug-likeness (QED) is 0.674. The molecule has 0 spiro atoms. The van der Waals surface area contributed by atoms with Gasteiger partial charge in [-0.05, 0) is 24.6 Å². The number of aromatic nitrogens is 1. The minimum Gasteiger partial charge on any atom is -0.390 e. The van der Waals surface area contributed by atoms with Gasteiger partial charge in [0.1, 0.15) is 5.70 Å². The Labute approximate surface area is 197 Å². The van der Waals surface area contributed by atoms with Crippen LogP contribution in [-0.2, 0) is 4.74 Å². The van der Waals surface area contributed by atoms with Crippen molar-refractivity contribution in [2.24, 2.45) is 4.99 Å². The van der Waals surface area contributed by atoms with Gasteiger partial charge in [0.25, 0.3) is 0 Å². The Morgan fingerprint density at radius 2 is 2.12 bits per heavy atom. The molecule has 1 saturated heterocycles. The number of amides is 2. The molecule has 12 heteroatoms. The van der Waals surface area contributed by atoms with Gasteiger partial charge in [-0.1, -0.05) is 12.1 Å². The summed E-state index contributed by atoms with van der Waals surface area (Å²) in [6.45, 7) is 1.05. The first-order valence-corrected chi connectivity index (χ1v) is 11.2. The number of alkyl halides is 3. The Morgan fingerprint density at radius 1 is 1.35 bits per heavy atom. The zero-order valence-electron chi connectivity index (χ0n) is 17.8. The molecule has 2 aliphatic rings. The van der Waals surface area contributed by atoms with Crippen molar-refractivity contribution in [2.45, 2.75) is 18.5 Å². The zero-order chi connectivity index (χ0) is 24.3. The van der Waals surface area contributed by atoms with Gasteiger partial charge in [0, 0.05) is 35.2 Å². The van der Waals surface area contributed by atoms with E-state index in [1.807, 2.05) is 6.07 Å². The SMILES string of the molecule is N#Cc1cccc(-c2nc(NC(=O)N3CCOCC3)sc2C2C=C(C(F)(F)F)N=C(CO)C2)c1. The Hall–Kier alpha value is -3.27. The molecule has 0 saturated carbocycles. The number of nitriles is 1. The third kappa shape index (κ3) is 5.27. The highest BCUT2D eigenvalue weighted by molar-refractivity contribution is 7.16. The molecule has 1 aromatic heterocycles. The van der Waals surface area contributed by atoms with E-state index in [0.29, 0.717) is 48.0 Å². The van der Waals surface area contributed by atoms with Gasteiger partial charge < -0.3 is 14.7 Å². The molecule has 0 radical (unpaired) electrons. The number of aliphatic hydroxyl groups excluding tert-OH is 1. The molecule has 2 aliphatic heterocycles. The first-order valence-electron chi connectivity index (χ1n) is 10.4. The number of urea groups is 1. The average molecular weight is 491 g/mol. The minimum atomic E-state index is -4.68. The Bertz CT molecular complexity index is 1180. The molecule has 2 aromatic rings. The number of ether oxygens (including phenoxy) is 1. The second-order valence-electron chi connectivity index (χ2n) is 7.65. The standard InChI is InChI=1S/C22H20F3N5O3S/c23-22(24,25)17-10-15(9-16(12-31)27-17)19-18(14-3-1-2-13(8-14)11-26)28-20(34-19)29-21(32)30-4-6-33-7-5-30/h1-3,8,10,15,31H,4-7,9,12H2,(H,28,29,32). The van der Waals surface area contributed by atoms with E-state index in [-0.39, 0.29) is 23.3 Å². The van der Waals surface area contributed by atoms with Gasteiger partial charge in [-0.25, -0.2) is 9.78 Å². The number of nitrogens with zero attached hydrogens (tertiary/aromatic N) is 4. The smallest absolute Gasteiger partial charge is 0.390 e. The molecule has 178 valence electrons. The van der Waals surface area contributed by atoms with Gasteiger partial charge in [-0.3, -0.25) is 10.3 Å². The monoisotopic (exact) mass is 491 g/mol. The lowest BCUT2D eigenvalue weighted by Crippen LogP contribution is -2.43. The summed E-state index contributed by atoms with van der Waals surface area (Å²) >= 11 is 1.06. The molecule has 0 bridgehead atoms. The average Bonchev–Trinajstić information content (AvgIpc) is 3.27. The van der Waals surface area contributed by atoms with E-state index in [9.17, 15) is 28.3 Å². The number of carbonyl (C=O) groups is 1. The van der Waals surface area contributed by atoms with Gasteiger partial charge in [-0.15, -0.1) is 11.3 Å². The minimum absolute atomic E-state index is 0.00357. The summed E-state index contributed by atoms with van der Waals surface area (Å²) < 4.78 is 45.7. The zero-order valence-corrected chi connectivity index (χ0v) is 18.6. The fourth-order valence-corrected chi connectivity index (χ4v) is 4.75. The summed E-state index contributed by atoms with van der Waals surface area (Å²) in [5.74, 6) is -0.774. The predicted octanol–water partition coefficient (Wildman–Crippen LogP) is 3.91. The Balaban J connectivity index is 1.74. The van der Waals surface area contributed by atoms with Crippen molar-refractivity contribution < 1.29 is 27.8 Å². The van der Waals surface area contributed by atoms with Crippen molar-refractivity contribution in [1.82, 2.24) is 9.88 Å². The van der Waals surface area contributed by atoms with E-state index in [1.54, 1.807) is 29.2 Å². The number of morpholine rings is 1. The lowest BCUT2D eigenvalue weighted by Gasteiger charge is -2.26. The first-order chi connectivity index (χ1) is 16.3. The summed E-state index contributed by atoms with van der Waals surface area (Å²) in [5, 5.41) is 21.7. The first kappa shape index (κ1) is 23.9. The molecular weight excluding hydrogens is 471 g/mol. The third-order valence-corrected chi connectivity index (χ3v) is 6.44. The number of hydrogen-bond acceptors (Lipinski definition) is 7. The van der Waals surface area contributed by atoms with Gasteiger partial charge in [0.05, 0.1) is 37.1 Å². The maximum atomic E-state index is 13.5. The van der Waals surface area contributed by atoms with Gasteiger partial charge in [-0.2, -0.15) is 18.4 Å². The molecule has 34 heavy (non-hydrogen) atoms. The lowest BCUT2D eigenvalue weighted by molar-refractivity contribution is -0.0929. The number of rotatable bonds is 4. The number of allylic oxidation sites excluding steroid dienone is 2. The molecular formula is C22H20F3N5O3S. The lowest BCUT2D eigenvalue weighted by atomic mass is 9.93. The molecule has 2 N–H and O–H groups in total. The van der Waals surface area contributed by atoms with Gasteiger partial charge in [0.2, 0.25) is 0 Å². The van der Waals surface area contributed by atoms with Crippen LogP contribution in [0.5, 0.6) is 0 Å². The molecule has 1 atom stereocenters. The van der Waals surface area contributed by atoms with Crippen molar-refractivity contribution in [3.8, 4) is 17.3 Å². The van der Waals surface area contributed by atoms with Crippen molar-refractivity contribution >= 4 is 28.2 Å². The maximum Gasteiger partial charge on any atom is 0.433 e. The van der Waals surface area contributed by atoms with E-state index in [4.69, 9.17) is 4.74 Å². The third-order valence-electron chi connectivity index (χ3n) is 5.33. The van der Waals surface area contributed by atoms with Gasteiger partial charge >= 0.3 is 12.2 Å². The van der Waals surface area contributed by atoms with Crippen LogP contribution in [0.1, 0.15) is 22.8 Å². The predicted molar refractivity (Wildman–Crippen MR) is 120 cm³/mol. The summed E-state index contributed by atoms with van der Waals surface area (Å²) in [5.41, 5.74) is 0.178. The van der Waals surface area contributed by atoms with Crippen molar-refractivity contribution in [1.29, 1.82) is 5.26 Å². The van der Waals surface area contributed by atoms with Crippen molar-refractivity contribution in [2.75, 3.05) is 38.2 Å². The topological polar surface area (TPSA) is 111 Å². The number of anilines is 1. The maximum absolute atomic E-state index is 13.5. The van der Waals surface area contributed by atoms with Crippen LogP contribution in [0, 0.1) is 11.3 Å². The number of hydrogen-bond donors (Lipinski definition) is 2. The molecule has 2 amide bonds. The highest BCUT2D eigenvalue weighted by atomic mass is 32.1. The number of aliphatic imine (C=N–C) groups is 1. The molecule has 0 aliphatic carbocycles. The Kier molecular flexibility index (Phi) is 6.97. The van der Waals surface area contributed by atoms with Crippen molar-refractivity contribution in [3.05, 3.63) is 46.5 Å². The highest BCUT2D eigenvalue weighted by Crippen LogP contribution is 2.42. The van der Waals surface area contributed by atoms with Crippen LogP contribution in [0.25, 0.3) is 11.3 Å². The number of aliphatic hydroxyl groups is 1. The number of thiazole rings is 1. The van der Waals surface area contributed by atoms with Crippen LogP contribution in [0.15, 0.2) is 41.0 Å². The molecule has 8 nitrogen and oxygen atoms in total. The second kappa shape index (κ2) is 9.92. The summed E-state index contributed by atoms with van der Waals surface area (Å²) in [6, 6.07) is 8.20. The number of halogens is 3. The fraction of sp³-hybridized carbons (Fsp3) is 0.364. The summed E-state index contributed by atoms with van der Waals surface area (Å²) in [7, 11) is 0. The van der Waals surface area contributed by atoms with E-state index in [0.717, 1.165) is 17.4 Å². The molecule has 1 unspecified atom stereocenters. The molecule has 4 rings (SSSR count). The largest absolute Gasteiger partial charge is 0.433 e. The van der Waals surface area contributed by atoms with Crippen LogP contribution >= 0.6 is 11.3 Å². The number of benzene rings is 1. The van der Waals surface area contributed by atoms with E-state index in [2.05, 4.69) is 15.3 Å². The van der Waals surface area contributed by atoms with Crippen LogP contribution in [-0.4, -0.2) is 65.8 Å². The van der Waals surface area contributed by atoms with Crippen LogP contribution in [0.2, 0.25) is 0 Å². The normalized spacial score (nSPS) is 18.7. The van der Waals surface area contributed by atoms with Crippen LogP contribution < -0.4 is 5.32 Å². The fourth-order valence-electron chi connectivity index (χ4n) is 3.70. The van der Waals surface area contributed by atoms with E-state index < -0.39 is 24.4 Å². The highest BCUT2D eigenvalue weighted by Gasteiger charge is 2.38. The van der Waals surface area contributed by atoms with E-state index >= 15 is 0 Å². The van der Waals surface area contributed by atoms with Crippen molar-refractivity contribution in [3.63, 3.8) is 0 Å².